The molecule has 3 heterocycles. The van der Waals surface area contributed by atoms with Gasteiger partial charge in [-0.15, -0.1) is 11.3 Å². The Balaban J connectivity index is 1.15. The predicted molar refractivity (Wildman–Crippen MR) is 243 cm³/mol. The van der Waals surface area contributed by atoms with Gasteiger partial charge in [0, 0.05) is 53.1 Å². The Hall–Kier alpha value is -6.42. The minimum Gasteiger partial charge on any atom is -0.308 e. The van der Waals surface area contributed by atoms with Gasteiger partial charge in [0.1, 0.15) is 0 Å². The standard InChI is InChI=1S/C53H40N2S/c1-4-33(2)39-13-5-6-14-40(39)46-32-38(27-23-34(46)3)54(37-28-24-35(25-29-37)36-26-30-51-47(31-36)42-16-8-10-22-50(42)56-51)49-21-12-19-45-44-18-11-17-43-41-15-7-9-20-48(41)55(52(43)44)53(45)49/h5-33H,4H2,1-3H3. The van der Waals surface area contributed by atoms with E-state index in [1.807, 2.05) is 11.3 Å². The van der Waals surface area contributed by atoms with Crippen LogP contribution in [0.1, 0.15) is 37.3 Å². The summed E-state index contributed by atoms with van der Waals surface area (Å²) < 4.78 is 5.17. The molecule has 56 heavy (non-hydrogen) atoms. The minimum absolute atomic E-state index is 0.463. The van der Waals surface area contributed by atoms with Crippen molar-refractivity contribution in [3.63, 3.8) is 0 Å². The third-order valence-corrected chi connectivity index (χ3v) is 13.3. The molecule has 0 saturated carbocycles. The molecule has 268 valence electrons. The molecule has 2 nitrogen and oxygen atoms in total. The smallest absolute Gasteiger partial charge is 0.0782 e. The summed E-state index contributed by atoms with van der Waals surface area (Å²) in [4.78, 5) is 2.49. The van der Waals surface area contributed by atoms with Gasteiger partial charge in [0.15, 0.2) is 0 Å². The Morgan fingerprint density at radius 3 is 2.00 bits per heavy atom. The second kappa shape index (κ2) is 12.8. The molecule has 0 fully saturated rings. The van der Waals surface area contributed by atoms with Crippen LogP contribution in [0.2, 0.25) is 0 Å². The van der Waals surface area contributed by atoms with Crippen LogP contribution in [0.3, 0.4) is 0 Å². The number of anilines is 3. The minimum atomic E-state index is 0.463. The first kappa shape index (κ1) is 33.0. The van der Waals surface area contributed by atoms with Gasteiger partial charge < -0.3 is 9.30 Å². The Morgan fingerprint density at radius 1 is 0.518 bits per heavy atom. The van der Waals surface area contributed by atoms with Crippen LogP contribution in [0.15, 0.2) is 170 Å². The summed E-state index contributed by atoms with van der Waals surface area (Å²) in [5, 5.41) is 7.78. The molecule has 0 spiro atoms. The van der Waals surface area contributed by atoms with Gasteiger partial charge in [0.2, 0.25) is 0 Å². The number of thiophene rings is 1. The molecule has 3 heteroatoms. The van der Waals surface area contributed by atoms with Crippen molar-refractivity contribution in [1.29, 1.82) is 0 Å². The summed E-state index contributed by atoms with van der Waals surface area (Å²) in [6, 6.07) is 63.4. The first-order valence-corrected chi connectivity index (χ1v) is 20.6. The van der Waals surface area contributed by atoms with Gasteiger partial charge in [0.05, 0.1) is 22.2 Å². The molecule has 0 radical (unpaired) electrons. The molecule has 11 aromatic rings. The molecule has 11 rings (SSSR count). The van der Waals surface area contributed by atoms with Crippen molar-refractivity contribution < 1.29 is 0 Å². The fourth-order valence-electron chi connectivity index (χ4n) is 9.20. The van der Waals surface area contributed by atoms with Gasteiger partial charge in [-0.2, -0.15) is 0 Å². The number of aryl methyl sites for hydroxylation is 1. The van der Waals surface area contributed by atoms with E-state index in [2.05, 4.69) is 200 Å². The van der Waals surface area contributed by atoms with Gasteiger partial charge in [0.25, 0.3) is 0 Å². The number of aromatic nitrogens is 1. The highest BCUT2D eigenvalue weighted by atomic mass is 32.1. The topological polar surface area (TPSA) is 7.65 Å². The van der Waals surface area contributed by atoms with Gasteiger partial charge in [-0.1, -0.05) is 129 Å². The molecule has 3 aromatic heterocycles. The zero-order valence-corrected chi connectivity index (χ0v) is 32.6. The zero-order chi connectivity index (χ0) is 37.5. The van der Waals surface area contributed by atoms with E-state index in [1.165, 1.54) is 91.6 Å². The fourth-order valence-corrected chi connectivity index (χ4v) is 10.3. The number of hydrogen-bond acceptors (Lipinski definition) is 2. The molecule has 8 aromatic carbocycles. The lowest BCUT2D eigenvalue weighted by Gasteiger charge is -2.28. The van der Waals surface area contributed by atoms with Crippen LogP contribution in [0.5, 0.6) is 0 Å². The molecule has 0 saturated heterocycles. The van der Waals surface area contributed by atoms with Crippen LogP contribution in [0.4, 0.5) is 17.1 Å². The van der Waals surface area contributed by atoms with Crippen molar-refractivity contribution in [2.75, 3.05) is 4.90 Å². The maximum Gasteiger partial charge on any atom is 0.0782 e. The van der Waals surface area contributed by atoms with Crippen LogP contribution in [-0.4, -0.2) is 4.40 Å². The van der Waals surface area contributed by atoms with Gasteiger partial charge in [-0.25, -0.2) is 0 Å². The van der Waals surface area contributed by atoms with Crippen LogP contribution in [0, 0.1) is 6.92 Å². The summed E-state index contributed by atoms with van der Waals surface area (Å²) in [5.41, 5.74) is 14.9. The van der Waals surface area contributed by atoms with Crippen molar-refractivity contribution in [2.45, 2.75) is 33.1 Å². The highest BCUT2D eigenvalue weighted by Crippen LogP contribution is 2.47. The number of nitrogens with zero attached hydrogens (tertiary/aromatic N) is 2. The van der Waals surface area contributed by atoms with Gasteiger partial charge >= 0.3 is 0 Å². The normalized spacial score (nSPS) is 12.6. The molecule has 1 atom stereocenters. The Labute approximate surface area is 330 Å². The van der Waals surface area contributed by atoms with E-state index in [-0.39, 0.29) is 0 Å². The number of benzene rings is 8. The van der Waals surface area contributed by atoms with Gasteiger partial charge in [-0.05, 0) is 107 Å². The van der Waals surface area contributed by atoms with E-state index in [0.29, 0.717) is 5.92 Å². The van der Waals surface area contributed by atoms with Crippen molar-refractivity contribution >= 4 is 86.7 Å². The largest absolute Gasteiger partial charge is 0.308 e. The summed E-state index contributed by atoms with van der Waals surface area (Å²) in [6.45, 7) is 6.88. The zero-order valence-electron chi connectivity index (χ0n) is 31.8. The maximum absolute atomic E-state index is 2.51. The quantitative estimate of drug-likeness (QED) is 0.158. The Kier molecular flexibility index (Phi) is 7.55. The van der Waals surface area contributed by atoms with E-state index in [4.69, 9.17) is 0 Å². The summed E-state index contributed by atoms with van der Waals surface area (Å²) in [7, 11) is 0. The van der Waals surface area contributed by atoms with E-state index in [0.717, 1.165) is 23.5 Å². The maximum atomic E-state index is 2.51. The van der Waals surface area contributed by atoms with E-state index in [1.54, 1.807) is 0 Å². The van der Waals surface area contributed by atoms with Crippen molar-refractivity contribution in [2.24, 2.45) is 0 Å². The number of hydrogen-bond donors (Lipinski definition) is 0. The van der Waals surface area contributed by atoms with Crippen LogP contribution >= 0.6 is 11.3 Å². The Morgan fingerprint density at radius 2 is 1.16 bits per heavy atom. The van der Waals surface area contributed by atoms with Gasteiger partial charge in [-0.3, -0.25) is 0 Å². The molecule has 0 aliphatic heterocycles. The molecule has 0 aliphatic carbocycles. The average molecular weight is 737 g/mol. The first-order chi connectivity index (χ1) is 27.6. The highest BCUT2D eigenvalue weighted by molar-refractivity contribution is 7.25. The second-order valence-electron chi connectivity index (χ2n) is 15.3. The van der Waals surface area contributed by atoms with Crippen molar-refractivity contribution in [1.82, 2.24) is 4.40 Å². The van der Waals surface area contributed by atoms with E-state index < -0.39 is 0 Å². The van der Waals surface area contributed by atoms with E-state index in [9.17, 15) is 0 Å². The van der Waals surface area contributed by atoms with Crippen molar-refractivity contribution in [3.05, 3.63) is 181 Å². The average Bonchev–Trinajstić information content (AvgIpc) is 3.92. The number of para-hydroxylation sites is 3. The SMILES string of the molecule is CCC(C)c1ccccc1-c1cc(N(c2ccc(-c3ccc4sc5ccccc5c4c3)cc2)c2cccc3c4cccc5c6ccccc6n(c23)c54)ccc1C. The van der Waals surface area contributed by atoms with Crippen LogP contribution in [-0.2, 0) is 0 Å². The second-order valence-corrected chi connectivity index (χ2v) is 16.4. The lowest BCUT2D eigenvalue weighted by molar-refractivity contribution is 0.735. The molecular weight excluding hydrogens is 697 g/mol. The first-order valence-electron chi connectivity index (χ1n) is 19.7. The molecule has 0 aliphatic rings. The van der Waals surface area contributed by atoms with E-state index >= 15 is 0 Å². The third kappa shape index (κ3) is 4.94. The summed E-state index contributed by atoms with van der Waals surface area (Å²) in [6.07, 6.45) is 1.10. The lowest BCUT2D eigenvalue weighted by Crippen LogP contribution is -2.11. The molecule has 0 bridgehead atoms. The summed E-state index contributed by atoms with van der Waals surface area (Å²) >= 11 is 1.87. The fraction of sp³-hybridized carbons (Fsp3) is 0.0943. The molecule has 0 N–H and O–H groups in total. The Bertz CT molecular complexity index is 3270. The molecular formula is C53H40N2S. The van der Waals surface area contributed by atoms with Crippen LogP contribution in [0.25, 0.3) is 80.5 Å². The molecule has 1 unspecified atom stereocenters. The van der Waals surface area contributed by atoms with Crippen LogP contribution < -0.4 is 4.90 Å². The van der Waals surface area contributed by atoms with Crippen molar-refractivity contribution in [3.8, 4) is 22.3 Å². The predicted octanol–water partition coefficient (Wildman–Crippen LogP) is 15.8. The third-order valence-electron chi connectivity index (χ3n) is 12.2. The monoisotopic (exact) mass is 736 g/mol. The number of fused-ring (bicyclic) bond motifs is 9. The lowest BCUT2D eigenvalue weighted by atomic mass is 9.88. The molecule has 0 amide bonds. The summed E-state index contributed by atoms with van der Waals surface area (Å²) in [5.74, 6) is 0.463. The number of rotatable bonds is 7. The highest BCUT2D eigenvalue weighted by Gasteiger charge is 2.24.